The molecular weight excluding hydrogens is 200 g/mol. The monoisotopic (exact) mass is 217 g/mol. The van der Waals surface area contributed by atoms with Crippen LogP contribution in [0.4, 0.5) is 0 Å². The van der Waals surface area contributed by atoms with E-state index < -0.39 is 11.9 Å². The second-order valence-electron chi connectivity index (χ2n) is 4.61. The smallest absolute Gasteiger partial charge is 0.0492 e. The van der Waals surface area contributed by atoms with Crippen LogP contribution in [0.1, 0.15) is 43.6 Å². The molecule has 0 amide bonds. The highest BCUT2D eigenvalue weighted by atomic mass is 16.4. The Labute approximate surface area is 96.3 Å². The van der Waals surface area contributed by atoms with E-state index in [1.807, 2.05) is 30.3 Å². The Morgan fingerprint density at radius 2 is 1.75 bits per heavy atom. The van der Waals surface area contributed by atoms with Crippen molar-refractivity contribution in [2.75, 3.05) is 0 Å². The van der Waals surface area contributed by atoms with E-state index >= 15 is 0 Å². The lowest BCUT2D eigenvalue weighted by molar-refractivity contribution is -0.309. The van der Waals surface area contributed by atoms with Gasteiger partial charge in [0.2, 0.25) is 0 Å². The fourth-order valence-electron chi connectivity index (χ4n) is 2.73. The molecule has 0 radical (unpaired) electrons. The Morgan fingerprint density at radius 1 is 1.12 bits per heavy atom. The first-order valence-corrected chi connectivity index (χ1v) is 6.05. The van der Waals surface area contributed by atoms with Gasteiger partial charge in [-0.1, -0.05) is 49.6 Å². The standard InChI is InChI=1S/C14H18O2/c15-14(16)13(11-7-3-1-4-8-11)12-9-5-2-6-10-12/h1,3-4,7-8,12-13H,2,5-6,9-10H2,(H,15,16)/p-1/t13-/m1/s1. The Balaban J connectivity index is 2.20. The number of benzene rings is 1. The number of hydrogen-bond donors (Lipinski definition) is 0. The van der Waals surface area contributed by atoms with Crippen LogP contribution in [0.3, 0.4) is 0 Å². The third kappa shape index (κ3) is 2.43. The normalized spacial score (nSPS) is 19.2. The van der Waals surface area contributed by atoms with Crippen molar-refractivity contribution in [1.82, 2.24) is 0 Å². The van der Waals surface area contributed by atoms with Crippen LogP contribution in [-0.2, 0) is 4.79 Å². The molecule has 2 heteroatoms. The number of carboxylic acids is 1. The van der Waals surface area contributed by atoms with Gasteiger partial charge in [-0.25, -0.2) is 0 Å². The molecule has 0 spiro atoms. The number of hydrogen-bond acceptors (Lipinski definition) is 2. The summed E-state index contributed by atoms with van der Waals surface area (Å²) in [4.78, 5) is 11.3. The molecule has 0 aromatic heterocycles. The lowest BCUT2D eigenvalue weighted by Crippen LogP contribution is -2.35. The Morgan fingerprint density at radius 3 is 2.31 bits per heavy atom. The summed E-state index contributed by atoms with van der Waals surface area (Å²) in [5.74, 6) is -1.07. The fourth-order valence-corrected chi connectivity index (χ4v) is 2.73. The number of carbonyl (C=O) groups excluding carboxylic acids is 1. The summed E-state index contributed by atoms with van der Waals surface area (Å²) < 4.78 is 0. The van der Waals surface area contributed by atoms with Crippen LogP contribution in [0.2, 0.25) is 0 Å². The van der Waals surface area contributed by atoms with Gasteiger partial charge in [-0.15, -0.1) is 0 Å². The van der Waals surface area contributed by atoms with Crippen molar-refractivity contribution in [3.05, 3.63) is 35.9 Å². The van der Waals surface area contributed by atoms with E-state index in [0.29, 0.717) is 0 Å². The summed E-state index contributed by atoms with van der Waals surface area (Å²) in [7, 11) is 0. The SMILES string of the molecule is O=C([O-])[C@H](c1ccccc1)C1CCCCC1. The van der Waals surface area contributed by atoms with Gasteiger partial charge in [-0.2, -0.15) is 0 Å². The highest BCUT2D eigenvalue weighted by Crippen LogP contribution is 2.35. The molecule has 2 rings (SSSR count). The molecule has 1 aliphatic carbocycles. The van der Waals surface area contributed by atoms with Crippen LogP contribution >= 0.6 is 0 Å². The van der Waals surface area contributed by atoms with E-state index in [1.165, 1.54) is 6.42 Å². The van der Waals surface area contributed by atoms with Crippen LogP contribution < -0.4 is 5.11 Å². The molecule has 0 unspecified atom stereocenters. The number of carboxylic acid groups (broad SMARTS) is 1. The summed E-state index contributed by atoms with van der Waals surface area (Å²) in [5.41, 5.74) is 0.898. The average Bonchev–Trinajstić information content (AvgIpc) is 2.31. The van der Waals surface area contributed by atoms with E-state index in [4.69, 9.17) is 0 Å². The maximum atomic E-state index is 11.3. The van der Waals surface area contributed by atoms with Gasteiger partial charge in [0.25, 0.3) is 0 Å². The zero-order chi connectivity index (χ0) is 11.4. The van der Waals surface area contributed by atoms with Crippen molar-refractivity contribution in [2.45, 2.75) is 38.0 Å². The van der Waals surface area contributed by atoms with Gasteiger partial charge in [0.1, 0.15) is 0 Å². The first-order valence-electron chi connectivity index (χ1n) is 6.05. The first kappa shape index (κ1) is 11.2. The molecule has 1 aliphatic rings. The fraction of sp³-hybridized carbons (Fsp3) is 0.500. The summed E-state index contributed by atoms with van der Waals surface area (Å²) in [6, 6.07) is 9.50. The zero-order valence-corrected chi connectivity index (χ0v) is 9.39. The maximum Gasteiger partial charge on any atom is 0.0492 e. The molecule has 0 heterocycles. The molecule has 86 valence electrons. The Bertz CT molecular complexity index is 339. The minimum absolute atomic E-state index is 0.265. The largest absolute Gasteiger partial charge is 0.549 e. The molecule has 1 aromatic carbocycles. The van der Waals surface area contributed by atoms with Crippen molar-refractivity contribution < 1.29 is 9.90 Å². The molecule has 16 heavy (non-hydrogen) atoms. The highest BCUT2D eigenvalue weighted by molar-refractivity contribution is 5.74. The van der Waals surface area contributed by atoms with Gasteiger partial charge in [0.05, 0.1) is 0 Å². The van der Waals surface area contributed by atoms with Crippen LogP contribution in [0.15, 0.2) is 30.3 Å². The van der Waals surface area contributed by atoms with Gasteiger partial charge in [-0.05, 0) is 24.3 Å². The lowest BCUT2D eigenvalue weighted by atomic mass is 9.77. The van der Waals surface area contributed by atoms with E-state index in [2.05, 4.69) is 0 Å². The predicted molar refractivity (Wildman–Crippen MR) is 60.8 cm³/mol. The molecule has 0 aliphatic heterocycles. The van der Waals surface area contributed by atoms with Crippen molar-refractivity contribution in [2.24, 2.45) is 5.92 Å². The maximum absolute atomic E-state index is 11.3. The molecular formula is C14H17O2-. The molecule has 1 atom stereocenters. The molecule has 1 saturated carbocycles. The minimum Gasteiger partial charge on any atom is -0.549 e. The summed E-state index contributed by atoms with van der Waals surface area (Å²) in [6.45, 7) is 0. The van der Waals surface area contributed by atoms with E-state index in [0.717, 1.165) is 31.2 Å². The third-order valence-electron chi connectivity index (χ3n) is 3.53. The molecule has 0 N–H and O–H groups in total. The molecule has 1 fully saturated rings. The predicted octanol–water partition coefficient (Wildman–Crippen LogP) is 2.10. The lowest BCUT2D eigenvalue weighted by Gasteiger charge is -2.31. The first-order chi connectivity index (χ1) is 7.79. The van der Waals surface area contributed by atoms with E-state index in [1.54, 1.807) is 0 Å². The van der Waals surface area contributed by atoms with Gasteiger partial charge in [0, 0.05) is 11.9 Å². The molecule has 0 saturated heterocycles. The van der Waals surface area contributed by atoms with E-state index in [9.17, 15) is 9.90 Å². The zero-order valence-electron chi connectivity index (χ0n) is 9.39. The summed E-state index contributed by atoms with van der Waals surface area (Å²) in [6.07, 6.45) is 5.59. The van der Waals surface area contributed by atoms with Crippen LogP contribution in [0, 0.1) is 5.92 Å². The van der Waals surface area contributed by atoms with Crippen molar-refractivity contribution in [3.8, 4) is 0 Å². The topological polar surface area (TPSA) is 40.1 Å². The molecule has 0 bridgehead atoms. The van der Waals surface area contributed by atoms with Gasteiger partial charge < -0.3 is 9.90 Å². The Hall–Kier alpha value is -1.31. The van der Waals surface area contributed by atoms with Gasteiger partial charge >= 0.3 is 0 Å². The quantitative estimate of drug-likeness (QED) is 0.778. The average molecular weight is 217 g/mol. The van der Waals surface area contributed by atoms with Crippen LogP contribution in [0.5, 0.6) is 0 Å². The third-order valence-corrected chi connectivity index (χ3v) is 3.53. The van der Waals surface area contributed by atoms with Crippen LogP contribution in [-0.4, -0.2) is 5.97 Å². The van der Waals surface area contributed by atoms with Crippen molar-refractivity contribution >= 4 is 5.97 Å². The molecule has 1 aromatic rings. The summed E-state index contributed by atoms with van der Waals surface area (Å²) in [5, 5.41) is 11.3. The number of carbonyl (C=O) groups is 1. The van der Waals surface area contributed by atoms with Crippen molar-refractivity contribution in [3.63, 3.8) is 0 Å². The molecule has 2 nitrogen and oxygen atoms in total. The number of rotatable bonds is 3. The highest BCUT2D eigenvalue weighted by Gasteiger charge is 2.25. The minimum atomic E-state index is -0.918. The van der Waals surface area contributed by atoms with E-state index in [-0.39, 0.29) is 5.92 Å². The summed E-state index contributed by atoms with van der Waals surface area (Å²) >= 11 is 0. The second-order valence-corrected chi connectivity index (χ2v) is 4.61. The van der Waals surface area contributed by atoms with Gasteiger partial charge in [0.15, 0.2) is 0 Å². The Kier molecular flexibility index (Phi) is 3.60. The second kappa shape index (κ2) is 5.15. The van der Waals surface area contributed by atoms with Gasteiger partial charge in [-0.3, -0.25) is 0 Å². The number of aliphatic carboxylic acids is 1. The van der Waals surface area contributed by atoms with Crippen LogP contribution in [0.25, 0.3) is 0 Å². The van der Waals surface area contributed by atoms with Crippen molar-refractivity contribution in [1.29, 1.82) is 0 Å².